The Kier molecular flexibility index (Phi) is 14.7. The molecule has 0 aromatic carbocycles. The second-order valence-electron chi connectivity index (χ2n) is 5.25. The minimum absolute atomic E-state index is 0.266. The van der Waals surface area contributed by atoms with Gasteiger partial charge >= 0.3 is 5.97 Å². The number of carboxylic acids is 1. The summed E-state index contributed by atoms with van der Waals surface area (Å²) in [5.74, 6) is -0.132. The van der Waals surface area contributed by atoms with Gasteiger partial charge < -0.3 is 9.99 Å². The van der Waals surface area contributed by atoms with E-state index in [0.717, 1.165) is 51.4 Å². The van der Waals surface area contributed by atoms with Crippen molar-refractivity contribution in [2.45, 2.75) is 71.1 Å². The molecule has 0 heterocycles. The van der Waals surface area contributed by atoms with Crippen molar-refractivity contribution >= 4 is 5.97 Å². The fraction of sp³-hybridized carbons (Fsp3) is 0.611. The zero-order chi connectivity index (χ0) is 16.5. The summed E-state index contributed by atoms with van der Waals surface area (Å²) in [6, 6.07) is 0. The molecule has 4 heteroatoms. The molecule has 0 aliphatic heterocycles. The molecule has 0 spiro atoms. The zero-order valence-corrected chi connectivity index (χ0v) is 13.7. The van der Waals surface area contributed by atoms with Crippen molar-refractivity contribution in [2.24, 2.45) is 0 Å². The van der Waals surface area contributed by atoms with Crippen molar-refractivity contribution < 1.29 is 20.0 Å². The van der Waals surface area contributed by atoms with Gasteiger partial charge in [0.2, 0.25) is 0 Å². The molecule has 0 aromatic rings. The maximum Gasteiger partial charge on any atom is 0.303 e. The summed E-state index contributed by atoms with van der Waals surface area (Å²) in [6.07, 6.45) is 18.8. The van der Waals surface area contributed by atoms with Crippen LogP contribution in [0.4, 0.5) is 0 Å². The topological polar surface area (TPSA) is 66.8 Å². The number of unbranched alkanes of at least 4 members (excludes halogenated alkanes) is 5. The maximum atomic E-state index is 10.3. The first kappa shape index (κ1) is 20.5. The van der Waals surface area contributed by atoms with E-state index in [1.807, 2.05) is 12.2 Å². The zero-order valence-electron chi connectivity index (χ0n) is 13.7. The smallest absolute Gasteiger partial charge is 0.303 e. The molecule has 0 aromatic heterocycles. The van der Waals surface area contributed by atoms with Gasteiger partial charge in [-0.25, -0.2) is 5.26 Å². The lowest BCUT2D eigenvalue weighted by atomic mass is 10.1. The lowest BCUT2D eigenvalue weighted by Gasteiger charge is -2.01. The molecule has 0 unspecified atom stereocenters. The molecular weight excluding hydrogens is 280 g/mol. The second kappa shape index (κ2) is 15.8. The van der Waals surface area contributed by atoms with E-state index in [-0.39, 0.29) is 6.42 Å². The molecule has 0 atom stereocenters. The van der Waals surface area contributed by atoms with Crippen LogP contribution in [-0.4, -0.2) is 16.3 Å². The van der Waals surface area contributed by atoms with E-state index in [9.17, 15) is 4.79 Å². The van der Waals surface area contributed by atoms with E-state index in [4.69, 9.17) is 10.4 Å². The minimum Gasteiger partial charge on any atom is -0.481 e. The highest BCUT2D eigenvalue weighted by Crippen LogP contribution is 2.11. The van der Waals surface area contributed by atoms with Crippen LogP contribution >= 0.6 is 0 Å². The third-order valence-corrected chi connectivity index (χ3v) is 3.24. The average Bonchev–Trinajstić information content (AvgIpc) is 2.50. The Bertz CT molecular complexity index is 356. The molecular formula is C18H30O4. The van der Waals surface area contributed by atoms with Gasteiger partial charge in [-0.05, 0) is 38.2 Å². The molecule has 0 amide bonds. The summed E-state index contributed by atoms with van der Waals surface area (Å²) in [5, 5.41) is 17.3. The molecule has 0 saturated carbocycles. The third kappa shape index (κ3) is 14.9. The van der Waals surface area contributed by atoms with Crippen molar-refractivity contribution in [2.75, 3.05) is 0 Å². The van der Waals surface area contributed by atoms with Crippen LogP contribution in [0.3, 0.4) is 0 Å². The lowest BCUT2D eigenvalue weighted by molar-refractivity contribution is -0.204. The summed E-state index contributed by atoms with van der Waals surface area (Å²) in [6.45, 7) is 2.10. The minimum atomic E-state index is -0.717. The number of hydrogen-bond donors (Lipinski definition) is 2. The van der Waals surface area contributed by atoms with Crippen molar-refractivity contribution in [1.82, 2.24) is 0 Å². The molecule has 0 bridgehead atoms. The average molecular weight is 310 g/mol. The van der Waals surface area contributed by atoms with E-state index in [1.54, 1.807) is 0 Å². The molecule has 0 aliphatic carbocycles. The van der Waals surface area contributed by atoms with Crippen LogP contribution in [0.1, 0.15) is 71.1 Å². The SMILES string of the molecule is CC/C=C\C/C=C\C/C(=C\CCCCCCCC(=O)O)OO. The van der Waals surface area contributed by atoms with E-state index >= 15 is 0 Å². The first-order valence-corrected chi connectivity index (χ1v) is 8.23. The van der Waals surface area contributed by atoms with Gasteiger partial charge in [0.1, 0.15) is 5.76 Å². The van der Waals surface area contributed by atoms with Gasteiger partial charge in [-0.3, -0.25) is 4.79 Å². The molecule has 4 nitrogen and oxygen atoms in total. The highest BCUT2D eigenvalue weighted by atomic mass is 17.1. The van der Waals surface area contributed by atoms with Gasteiger partial charge in [0, 0.05) is 12.8 Å². The third-order valence-electron chi connectivity index (χ3n) is 3.24. The molecule has 0 rings (SSSR count). The first-order valence-electron chi connectivity index (χ1n) is 8.23. The van der Waals surface area contributed by atoms with Crippen molar-refractivity contribution in [3.8, 4) is 0 Å². The van der Waals surface area contributed by atoms with Gasteiger partial charge in [-0.2, -0.15) is 0 Å². The first-order chi connectivity index (χ1) is 10.7. The van der Waals surface area contributed by atoms with Crippen molar-refractivity contribution in [1.29, 1.82) is 0 Å². The Balaban J connectivity index is 3.65. The summed E-state index contributed by atoms with van der Waals surface area (Å²) in [7, 11) is 0. The quantitative estimate of drug-likeness (QED) is 0.147. The summed E-state index contributed by atoms with van der Waals surface area (Å²) in [4.78, 5) is 14.7. The van der Waals surface area contributed by atoms with Crippen LogP contribution in [0.5, 0.6) is 0 Å². The molecule has 0 fully saturated rings. The molecule has 0 aliphatic rings. The van der Waals surface area contributed by atoms with Crippen molar-refractivity contribution in [3.63, 3.8) is 0 Å². The van der Waals surface area contributed by atoms with Gasteiger partial charge in [-0.1, -0.05) is 50.5 Å². The highest BCUT2D eigenvalue weighted by Gasteiger charge is 1.97. The predicted octanol–water partition coefficient (Wildman–Crippen LogP) is 5.48. The predicted molar refractivity (Wildman–Crippen MR) is 89.6 cm³/mol. The van der Waals surface area contributed by atoms with E-state index in [0.29, 0.717) is 12.2 Å². The number of hydrogen-bond acceptors (Lipinski definition) is 3. The monoisotopic (exact) mass is 310 g/mol. The van der Waals surface area contributed by atoms with Crippen molar-refractivity contribution in [3.05, 3.63) is 36.1 Å². The molecule has 126 valence electrons. The van der Waals surface area contributed by atoms with E-state index in [1.165, 1.54) is 0 Å². The number of rotatable bonds is 14. The number of aliphatic carboxylic acids is 1. The van der Waals surface area contributed by atoms with Crippen LogP contribution in [0, 0.1) is 0 Å². The summed E-state index contributed by atoms with van der Waals surface area (Å²) >= 11 is 0. The Morgan fingerprint density at radius 1 is 1.00 bits per heavy atom. The molecule has 22 heavy (non-hydrogen) atoms. The van der Waals surface area contributed by atoms with E-state index in [2.05, 4.69) is 30.0 Å². The van der Waals surface area contributed by atoms with Gasteiger partial charge in [-0.15, -0.1) is 0 Å². The number of carbonyl (C=O) groups is 1. The van der Waals surface area contributed by atoms with Gasteiger partial charge in [0.05, 0.1) is 0 Å². The normalized spacial score (nSPS) is 12.4. The van der Waals surface area contributed by atoms with Crippen LogP contribution in [0.25, 0.3) is 0 Å². The Labute approximate surface area is 134 Å². The lowest BCUT2D eigenvalue weighted by Crippen LogP contribution is -1.93. The van der Waals surface area contributed by atoms with Crippen LogP contribution in [-0.2, 0) is 9.68 Å². The number of allylic oxidation sites excluding steroid dienone is 5. The number of carboxylic acid groups (broad SMARTS) is 1. The fourth-order valence-electron chi connectivity index (χ4n) is 2.01. The summed E-state index contributed by atoms with van der Waals surface area (Å²) < 4.78 is 0. The summed E-state index contributed by atoms with van der Waals surface area (Å²) in [5.41, 5.74) is 0. The van der Waals surface area contributed by atoms with Crippen LogP contribution < -0.4 is 0 Å². The molecule has 0 saturated heterocycles. The van der Waals surface area contributed by atoms with Gasteiger partial charge in [0.15, 0.2) is 0 Å². The van der Waals surface area contributed by atoms with Gasteiger partial charge in [0.25, 0.3) is 0 Å². The Morgan fingerprint density at radius 3 is 2.36 bits per heavy atom. The van der Waals surface area contributed by atoms with Crippen LogP contribution in [0.15, 0.2) is 36.1 Å². The fourth-order valence-corrected chi connectivity index (χ4v) is 2.01. The Hall–Kier alpha value is -1.55. The largest absolute Gasteiger partial charge is 0.481 e. The van der Waals surface area contributed by atoms with Crippen LogP contribution in [0.2, 0.25) is 0 Å². The molecule has 2 N–H and O–H groups in total. The maximum absolute atomic E-state index is 10.3. The Morgan fingerprint density at radius 2 is 1.68 bits per heavy atom. The second-order valence-corrected chi connectivity index (χ2v) is 5.25. The van der Waals surface area contributed by atoms with E-state index < -0.39 is 5.97 Å². The molecule has 0 radical (unpaired) electrons. The highest BCUT2D eigenvalue weighted by molar-refractivity contribution is 5.66. The standard InChI is InChI=1S/C18H30O4/c1-2-3-4-5-8-11-14-17(22-21)15-12-9-6-7-10-13-16-18(19)20/h3-4,8,11,15,21H,2,5-7,9-10,12-14,16H2,1H3,(H,19,20)/b4-3-,11-8-,17-15+.